The van der Waals surface area contributed by atoms with Gasteiger partial charge in [-0.05, 0) is 37.5 Å². The van der Waals surface area contributed by atoms with E-state index in [9.17, 15) is 9.28 Å². The van der Waals surface area contributed by atoms with E-state index in [2.05, 4.69) is 12.0 Å². The van der Waals surface area contributed by atoms with Crippen LogP contribution < -0.4 is 0 Å². The number of hydrogen-bond donors (Lipinski definition) is 0. The molecule has 5 heteroatoms. The van der Waals surface area contributed by atoms with Crippen molar-refractivity contribution in [2.24, 2.45) is 11.3 Å². The number of fused-ring (bicyclic) bond motifs is 2. The lowest BCUT2D eigenvalue weighted by atomic mass is 9.88. The summed E-state index contributed by atoms with van der Waals surface area (Å²) in [5, 5.41) is 3.67. The van der Waals surface area contributed by atoms with Gasteiger partial charge < -0.3 is 4.74 Å². The van der Waals surface area contributed by atoms with Gasteiger partial charge in [-0.2, -0.15) is 0 Å². The van der Waals surface area contributed by atoms with Crippen molar-refractivity contribution in [3.05, 3.63) is 17.0 Å². The van der Waals surface area contributed by atoms with Gasteiger partial charge in [-0.25, -0.2) is 4.79 Å². The predicted octanol–water partition coefficient (Wildman–Crippen LogP) is 1.92. The Kier molecular flexibility index (Phi) is 2.09. The van der Waals surface area contributed by atoms with E-state index < -0.39 is 5.97 Å². The molecule has 0 radical (unpaired) electrons. The molecule has 0 saturated heterocycles. The number of carbonyl (C=O) groups is 1. The highest BCUT2D eigenvalue weighted by atomic mass is 19.2. The third-order valence-electron chi connectivity index (χ3n) is 4.07. The van der Waals surface area contributed by atoms with Crippen LogP contribution in [0, 0.1) is 11.3 Å². The van der Waals surface area contributed by atoms with Crippen LogP contribution in [0.3, 0.4) is 0 Å². The van der Waals surface area contributed by atoms with Crippen LogP contribution in [-0.4, -0.2) is 22.6 Å². The van der Waals surface area contributed by atoms with E-state index in [-0.39, 0.29) is 17.7 Å². The summed E-state index contributed by atoms with van der Waals surface area (Å²) in [6.07, 6.45) is 2.55. The van der Waals surface area contributed by atoms with Crippen LogP contribution in [0.15, 0.2) is 0 Å². The predicted molar refractivity (Wildman–Crippen MR) is 58.3 cm³/mol. The Hall–Kier alpha value is -1.39. The quantitative estimate of drug-likeness (QED) is 0.739. The zero-order valence-corrected chi connectivity index (χ0v) is 9.99. The van der Waals surface area contributed by atoms with Crippen molar-refractivity contribution >= 4 is 5.97 Å². The second kappa shape index (κ2) is 3.31. The third-order valence-corrected chi connectivity index (χ3v) is 4.07. The molecule has 1 aromatic rings. The molecular formula is C12H15FN2O2. The topological polar surface area (TPSA) is 44.1 Å². The number of esters is 1. The van der Waals surface area contributed by atoms with Crippen LogP contribution in [0.4, 0.5) is 4.48 Å². The first kappa shape index (κ1) is 10.7. The van der Waals surface area contributed by atoms with E-state index in [1.54, 1.807) is 6.92 Å². The highest BCUT2D eigenvalue weighted by Crippen LogP contribution is 2.59. The molecule has 3 rings (SSSR count). The highest BCUT2D eigenvalue weighted by Gasteiger charge is 2.54. The summed E-state index contributed by atoms with van der Waals surface area (Å²) in [6, 6.07) is 0. The van der Waals surface area contributed by atoms with E-state index in [1.165, 1.54) is 0 Å². The van der Waals surface area contributed by atoms with Gasteiger partial charge in [0.1, 0.15) is 0 Å². The molecule has 0 N–H and O–H groups in total. The number of nitrogens with zero attached hydrogens (tertiary/aromatic N) is 2. The summed E-state index contributed by atoms with van der Waals surface area (Å²) in [5.41, 5.74) is 1.71. The maximum absolute atomic E-state index is 13.7. The standard InChI is InChI=1S/C12H15FN2O2/c1-3-17-11(16)10-8-4-7-5-12(7,2)6-9(8)15(13)14-10/h7H,3-6H2,1-2H3. The molecule has 1 heterocycles. The molecule has 0 aliphatic heterocycles. The van der Waals surface area contributed by atoms with Gasteiger partial charge in [0.2, 0.25) is 0 Å². The van der Waals surface area contributed by atoms with Crippen LogP contribution in [0.2, 0.25) is 0 Å². The number of rotatable bonds is 2. The molecular weight excluding hydrogens is 223 g/mol. The number of ether oxygens (including phenoxy) is 1. The van der Waals surface area contributed by atoms with Crippen molar-refractivity contribution in [1.29, 1.82) is 0 Å². The van der Waals surface area contributed by atoms with Gasteiger partial charge in [-0.15, -0.1) is 5.10 Å². The molecule has 4 nitrogen and oxygen atoms in total. The van der Waals surface area contributed by atoms with Crippen molar-refractivity contribution < 1.29 is 14.0 Å². The van der Waals surface area contributed by atoms with Crippen LogP contribution in [0.5, 0.6) is 0 Å². The van der Waals surface area contributed by atoms with Gasteiger partial charge >= 0.3 is 5.97 Å². The first-order valence-electron chi connectivity index (χ1n) is 5.99. The van der Waals surface area contributed by atoms with Crippen molar-refractivity contribution in [1.82, 2.24) is 10.0 Å². The lowest BCUT2D eigenvalue weighted by Gasteiger charge is -2.17. The fourth-order valence-corrected chi connectivity index (χ4v) is 2.87. The minimum absolute atomic E-state index is 0.165. The van der Waals surface area contributed by atoms with Gasteiger partial charge in [0, 0.05) is 5.56 Å². The fraction of sp³-hybridized carbons (Fsp3) is 0.667. The minimum Gasteiger partial charge on any atom is -0.461 e. The Morgan fingerprint density at radius 2 is 2.47 bits per heavy atom. The van der Waals surface area contributed by atoms with Gasteiger partial charge in [-0.3, -0.25) is 0 Å². The molecule has 2 aliphatic rings. The molecule has 0 amide bonds. The molecule has 0 bridgehead atoms. The highest BCUT2D eigenvalue weighted by molar-refractivity contribution is 5.89. The van der Waals surface area contributed by atoms with Crippen molar-refractivity contribution in [2.75, 3.05) is 6.61 Å². The van der Waals surface area contributed by atoms with E-state index in [1.807, 2.05) is 0 Å². The van der Waals surface area contributed by atoms with Crippen molar-refractivity contribution in [3.8, 4) is 0 Å². The lowest BCUT2D eigenvalue weighted by Crippen LogP contribution is -2.16. The average Bonchev–Trinajstić information content (AvgIpc) is 2.85. The summed E-state index contributed by atoms with van der Waals surface area (Å²) >= 11 is 0. The monoisotopic (exact) mass is 238 g/mol. The van der Waals surface area contributed by atoms with Crippen LogP contribution in [0.25, 0.3) is 0 Å². The van der Waals surface area contributed by atoms with Crippen LogP contribution in [0.1, 0.15) is 42.0 Å². The first-order valence-corrected chi connectivity index (χ1v) is 5.99. The minimum atomic E-state index is -0.510. The Balaban J connectivity index is 1.98. The second-order valence-electron chi connectivity index (χ2n) is 5.29. The molecule has 92 valence electrons. The maximum atomic E-state index is 13.7. The molecule has 2 aliphatic carbocycles. The fourth-order valence-electron chi connectivity index (χ4n) is 2.87. The Morgan fingerprint density at radius 3 is 3.18 bits per heavy atom. The third kappa shape index (κ3) is 1.48. The summed E-state index contributed by atoms with van der Waals surface area (Å²) < 4.78 is 18.6. The zero-order valence-electron chi connectivity index (χ0n) is 9.99. The Bertz CT molecular complexity index is 497. The first-order chi connectivity index (χ1) is 8.05. The summed E-state index contributed by atoms with van der Waals surface area (Å²) in [6.45, 7) is 4.18. The second-order valence-corrected chi connectivity index (χ2v) is 5.29. The van der Waals surface area contributed by atoms with Gasteiger partial charge in [0.25, 0.3) is 0 Å². The zero-order chi connectivity index (χ0) is 12.2. The lowest BCUT2D eigenvalue weighted by molar-refractivity contribution is 0.0514. The van der Waals surface area contributed by atoms with Crippen molar-refractivity contribution in [2.45, 2.75) is 33.1 Å². The SMILES string of the molecule is CCOC(=O)c1nn(F)c2c1CC1CC1(C)C2. The molecule has 2 unspecified atom stereocenters. The summed E-state index contributed by atoms with van der Waals surface area (Å²) in [4.78, 5) is 12.0. The number of aromatic nitrogens is 2. The van der Waals surface area contributed by atoms with E-state index >= 15 is 0 Å². The van der Waals surface area contributed by atoms with Gasteiger partial charge in [0.15, 0.2) is 5.69 Å². The molecule has 1 saturated carbocycles. The largest absolute Gasteiger partial charge is 0.461 e. The van der Waals surface area contributed by atoms with Crippen LogP contribution >= 0.6 is 0 Å². The smallest absolute Gasteiger partial charge is 0.359 e. The van der Waals surface area contributed by atoms with Crippen LogP contribution in [-0.2, 0) is 17.6 Å². The molecule has 0 spiro atoms. The molecule has 1 aromatic heterocycles. The number of halogens is 1. The average molecular weight is 238 g/mol. The number of hydrogen-bond acceptors (Lipinski definition) is 3. The summed E-state index contributed by atoms with van der Waals surface area (Å²) in [5.74, 6) is 0.0665. The molecule has 1 fully saturated rings. The van der Waals surface area contributed by atoms with E-state index in [0.717, 1.165) is 18.4 Å². The van der Waals surface area contributed by atoms with E-state index in [4.69, 9.17) is 4.74 Å². The molecule has 17 heavy (non-hydrogen) atoms. The van der Waals surface area contributed by atoms with Gasteiger partial charge in [0.05, 0.1) is 12.3 Å². The van der Waals surface area contributed by atoms with Crippen molar-refractivity contribution in [3.63, 3.8) is 0 Å². The summed E-state index contributed by atoms with van der Waals surface area (Å²) in [7, 11) is 0. The maximum Gasteiger partial charge on any atom is 0.359 e. The molecule has 2 atom stereocenters. The Morgan fingerprint density at radius 1 is 1.71 bits per heavy atom. The number of carbonyl (C=O) groups excluding carboxylic acids is 1. The molecule has 0 aromatic carbocycles. The van der Waals surface area contributed by atoms with Gasteiger partial charge in [-0.1, -0.05) is 16.3 Å². The normalized spacial score (nSPS) is 29.5. The van der Waals surface area contributed by atoms with E-state index in [0.29, 0.717) is 22.9 Å². The Labute approximate surface area is 98.7 Å².